The van der Waals surface area contributed by atoms with Crippen LogP contribution in [-0.2, 0) is 13.1 Å². The Balaban J connectivity index is 1.15. The summed E-state index contributed by atoms with van der Waals surface area (Å²) in [5.41, 5.74) is 4.12. The van der Waals surface area contributed by atoms with E-state index >= 15 is 0 Å². The molecular weight excluding hydrogens is 450 g/mol. The summed E-state index contributed by atoms with van der Waals surface area (Å²) in [5.74, 6) is 0.927. The molecule has 5 rings (SSSR count). The van der Waals surface area contributed by atoms with Gasteiger partial charge in [0.05, 0.1) is 24.0 Å². The van der Waals surface area contributed by atoms with E-state index in [2.05, 4.69) is 53.3 Å². The van der Waals surface area contributed by atoms with Gasteiger partial charge in [-0.3, -0.25) is 14.7 Å². The van der Waals surface area contributed by atoms with Gasteiger partial charge in [0.1, 0.15) is 12.0 Å². The van der Waals surface area contributed by atoms with Gasteiger partial charge in [0, 0.05) is 43.7 Å². The second-order valence-corrected chi connectivity index (χ2v) is 9.61. The molecule has 6 nitrogen and oxygen atoms in total. The second-order valence-electron chi connectivity index (χ2n) is 9.61. The number of nitrogens with zero attached hydrogens (tertiary/aromatic N) is 3. The lowest BCUT2D eigenvalue weighted by molar-refractivity contribution is 0.0580. The number of pyridine rings is 1. The molecule has 0 bridgehead atoms. The monoisotopic (exact) mass is 483 g/mol. The fourth-order valence-electron chi connectivity index (χ4n) is 5.12. The van der Waals surface area contributed by atoms with Crippen LogP contribution in [-0.4, -0.2) is 46.9 Å². The molecule has 2 aromatic carbocycles. The first-order valence-electron chi connectivity index (χ1n) is 12.7. The maximum absolute atomic E-state index is 12.9. The molecule has 3 heterocycles. The van der Waals surface area contributed by atoms with E-state index in [9.17, 15) is 4.79 Å². The van der Waals surface area contributed by atoms with Crippen molar-refractivity contribution in [2.24, 2.45) is 0 Å². The highest BCUT2D eigenvalue weighted by molar-refractivity contribution is 5.94. The van der Waals surface area contributed by atoms with Crippen LogP contribution < -0.4 is 4.74 Å². The highest BCUT2D eigenvalue weighted by Gasteiger charge is 2.27. The normalized spacial score (nSPS) is 15.9. The van der Waals surface area contributed by atoms with Crippen molar-refractivity contribution in [2.45, 2.75) is 44.8 Å². The van der Waals surface area contributed by atoms with Crippen LogP contribution in [0.15, 0.2) is 83.8 Å². The summed E-state index contributed by atoms with van der Waals surface area (Å²) in [4.78, 5) is 21.7. The van der Waals surface area contributed by atoms with E-state index in [0.29, 0.717) is 12.2 Å². The summed E-state index contributed by atoms with van der Waals surface area (Å²) < 4.78 is 11.3. The lowest BCUT2D eigenvalue weighted by Gasteiger charge is -2.35. The quantitative estimate of drug-likeness (QED) is 0.296. The summed E-state index contributed by atoms with van der Waals surface area (Å²) in [6, 6.07) is 20.7. The number of carbonyl (C=O) groups is 1. The zero-order valence-electron chi connectivity index (χ0n) is 20.8. The van der Waals surface area contributed by atoms with Gasteiger partial charge in [0.25, 0.3) is 5.91 Å². The Bertz CT molecular complexity index is 1280. The SMILES string of the molecule is CN(Cc1cccc(OCC[C@@H]2CCCCN2C(=O)c2ccoc2)c1)Cc1cccc2cccnc12. The van der Waals surface area contributed by atoms with Crippen molar-refractivity contribution < 1.29 is 13.9 Å². The Morgan fingerprint density at radius 3 is 2.89 bits per heavy atom. The van der Waals surface area contributed by atoms with E-state index in [-0.39, 0.29) is 11.9 Å². The van der Waals surface area contributed by atoms with E-state index in [1.807, 2.05) is 29.3 Å². The van der Waals surface area contributed by atoms with E-state index in [1.54, 1.807) is 12.3 Å². The average Bonchev–Trinajstić information content (AvgIpc) is 3.44. The summed E-state index contributed by atoms with van der Waals surface area (Å²) in [6.45, 7) is 3.02. The molecule has 1 amide bonds. The number of benzene rings is 2. The van der Waals surface area contributed by atoms with Gasteiger partial charge in [0.15, 0.2) is 0 Å². The summed E-state index contributed by atoms with van der Waals surface area (Å²) in [7, 11) is 2.13. The number of rotatable bonds is 9. The van der Waals surface area contributed by atoms with E-state index in [4.69, 9.17) is 9.15 Å². The molecule has 6 heteroatoms. The average molecular weight is 484 g/mol. The van der Waals surface area contributed by atoms with Crippen LogP contribution in [0.3, 0.4) is 0 Å². The molecule has 4 aromatic rings. The predicted octanol–water partition coefficient (Wildman–Crippen LogP) is 5.92. The number of amides is 1. The number of aromatic nitrogens is 1. The zero-order chi connectivity index (χ0) is 24.7. The molecule has 0 saturated carbocycles. The number of hydrogen-bond acceptors (Lipinski definition) is 5. The largest absolute Gasteiger partial charge is 0.494 e. The smallest absolute Gasteiger partial charge is 0.257 e. The fraction of sp³-hybridized carbons (Fsp3) is 0.333. The van der Waals surface area contributed by atoms with E-state index in [1.165, 1.54) is 22.8 Å². The Morgan fingerprint density at radius 2 is 2.00 bits per heavy atom. The van der Waals surface area contributed by atoms with E-state index < -0.39 is 0 Å². The molecular formula is C30H33N3O3. The zero-order valence-corrected chi connectivity index (χ0v) is 20.8. The molecule has 1 atom stereocenters. The number of hydrogen-bond donors (Lipinski definition) is 0. The Hall–Kier alpha value is -3.64. The third kappa shape index (κ3) is 5.77. The van der Waals surface area contributed by atoms with Crippen molar-refractivity contribution in [1.82, 2.24) is 14.8 Å². The topological polar surface area (TPSA) is 58.8 Å². The van der Waals surface area contributed by atoms with Crippen LogP contribution in [0.4, 0.5) is 0 Å². The van der Waals surface area contributed by atoms with Gasteiger partial charge in [-0.05, 0) is 61.7 Å². The first kappa shape index (κ1) is 24.1. The van der Waals surface area contributed by atoms with E-state index in [0.717, 1.165) is 56.6 Å². The summed E-state index contributed by atoms with van der Waals surface area (Å²) in [6.07, 6.45) is 8.97. The standard InChI is InChI=1S/C30H33N3O3/c1-32(21-25-9-5-8-24-10-6-15-31-29(24)25)20-23-7-4-12-28(19-23)36-18-14-27-11-2-3-16-33(27)30(34)26-13-17-35-22-26/h4-10,12-13,15,17,19,22,27H,2-3,11,14,16,18,20-21H2,1H3/t27-/m0/s1. The van der Waals surface area contributed by atoms with Gasteiger partial charge >= 0.3 is 0 Å². The lowest BCUT2D eigenvalue weighted by Crippen LogP contribution is -2.44. The van der Waals surface area contributed by atoms with Crippen LogP contribution >= 0.6 is 0 Å². The first-order valence-corrected chi connectivity index (χ1v) is 12.7. The maximum atomic E-state index is 12.9. The Labute approximate surface area is 212 Å². The molecule has 1 aliphatic heterocycles. The molecule has 0 aliphatic carbocycles. The van der Waals surface area contributed by atoms with Gasteiger partial charge in [-0.15, -0.1) is 0 Å². The summed E-state index contributed by atoms with van der Waals surface area (Å²) >= 11 is 0. The molecule has 1 saturated heterocycles. The van der Waals surface area contributed by atoms with Crippen molar-refractivity contribution in [3.05, 3.63) is 96.1 Å². The molecule has 0 spiro atoms. The molecule has 1 fully saturated rings. The number of furan rings is 1. The minimum atomic E-state index is 0.0554. The van der Waals surface area contributed by atoms with Crippen LogP contribution in [0.5, 0.6) is 5.75 Å². The van der Waals surface area contributed by atoms with Crippen molar-refractivity contribution in [3.8, 4) is 5.75 Å². The van der Waals surface area contributed by atoms with Crippen molar-refractivity contribution in [1.29, 1.82) is 0 Å². The molecule has 186 valence electrons. The third-order valence-electron chi connectivity index (χ3n) is 6.88. The van der Waals surface area contributed by atoms with Crippen molar-refractivity contribution in [3.63, 3.8) is 0 Å². The minimum Gasteiger partial charge on any atom is -0.494 e. The van der Waals surface area contributed by atoms with Crippen LogP contribution in [0, 0.1) is 0 Å². The molecule has 36 heavy (non-hydrogen) atoms. The van der Waals surface area contributed by atoms with Gasteiger partial charge in [-0.1, -0.05) is 36.4 Å². The van der Waals surface area contributed by atoms with Gasteiger partial charge in [0.2, 0.25) is 0 Å². The molecule has 0 unspecified atom stereocenters. The van der Waals surface area contributed by atoms with Crippen molar-refractivity contribution >= 4 is 16.8 Å². The van der Waals surface area contributed by atoms with Crippen LogP contribution in [0.2, 0.25) is 0 Å². The predicted molar refractivity (Wildman–Crippen MR) is 141 cm³/mol. The lowest BCUT2D eigenvalue weighted by atomic mass is 9.99. The molecule has 2 aromatic heterocycles. The summed E-state index contributed by atoms with van der Waals surface area (Å²) in [5, 5.41) is 1.17. The van der Waals surface area contributed by atoms with Gasteiger partial charge < -0.3 is 14.1 Å². The number of likely N-dealkylation sites (tertiary alicyclic amines) is 1. The third-order valence-corrected chi connectivity index (χ3v) is 6.88. The number of ether oxygens (including phenoxy) is 1. The number of piperidine rings is 1. The second kappa shape index (κ2) is 11.4. The highest BCUT2D eigenvalue weighted by Crippen LogP contribution is 2.24. The highest BCUT2D eigenvalue weighted by atomic mass is 16.5. The molecule has 1 aliphatic rings. The van der Waals surface area contributed by atoms with Crippen molar-refractivity contribution in [2.75, 3.05) is 20.2 Å². The van der Waals surface area contributed by atoms with Crippen LogP contribution in [0.25, 0.3) is 10.9 Å². The number of fused-ring (bicyclic) bond motifs is 1. The Kier molecular flexibility index (Phi) is 7.62. The molecule has 0 N–H and O–H groups in total. The Morgan fingerprint density at radius 1 is 1.11 bits per heavy atom. The first-order chi connectivity index (χ1) is 17.7. The van der Waals surface area contributed by atoms with Crippen LogP contribution in [0.1, 0.15) is 47.2 Å². The maximum Gasteiger partial charge on any atom is 0.257 e. The van der Waals surface area contributed by atoms with Gasteiger partial charge in [-0.25, -0.2) is 0 Å². The number of carbonyl (C=O) groups excluding carboxylic acids is 1. The minimum absolute atomic E-state index is 0.0554. The van der Waals surface area contributed by atoms with Gasteiger partial charge in [-0.2, -0.15) is 0 Å². The fourth-order valence-corrected chi connectivity index (χ4v) is 5.12. The number of para-hydroxylation sites is 1. The molecule has 0 radical (unpaired) electrons.